The van der Waals surface area contributed by atoms with E-state index in [9.17, 15) is 13.2 Å². The highest BCUT2D eigenvalue weighted by Crippen LogP contribution is 2.37. The van der Waals surface area contributed by atoms with Crippen LogP contribution in [0.5, 0.6) is 0 Å². The van der Waals surface area contributed by atoms with Crippen molar-refractivity contribution in [3.63, 3.8) is 0 Å². The number of nitrogens with zero attached hydrogens (tertiary/aromatic N) is 1. The number of hydrogen-bond donors (Lipinski definition) is 2. The Labute approximate surface area is 95.5 Å². The van der Waals surface area contributed by atoms with Crippen molar-refractivity contribution >= 4 is 0 Å². The van der Waals surface area contributed by atoms with Gasteiger partial charge in [-0.2, -0.15) is 18.3 Å². The van der Waals surface area contributed by atoms with Crippen LogP contribution in [0.1, 0.15) is 11.3 Å². The van der Waals surface area contributed by atoms with Gasteiger partial charge in [0, 0.05) is 12.1 Å². The minimum atomic E-state index is -4.39. The van der Waals surface area contributed by atoms with Gasteiger partial charge in [0.15, 0.2) is 0 Å². The molecule has 2 rings (SSSR count). The van der Waals surface area contributed by atoms with Crippen LogP contribution >= 0.6 is 0 Å². The first-order valence-electron chi connectivity index (χ1n) is 4.93. The summed E-state index contributed by atoms with van der Waals surface area (Å²) in [4.78, 5) is 0. The predicted molar refractivity (Wildman–Crippen MR) is 56.9 cm³/mol. The van der Waals surface area contributed by atoms with Crippen molar-refractivity contribution in [3.05, 3.63) is 41.7 Å². The number of nitrogens with one attached hydrogen (secondary N) is 1. The van der Waals surface area contributed by atoms with Crippen molar-refractivity contribution in [2.24, 2.45) is 5.73 Å². The van der Waals surface area contributed by atoms with Gasteiger partial charge in [0.1, 0.15) is 0 Å². The summed E-state index contributed by atoms with van der Waals surface area (Å²) in [7, 11) is 0. The van der Waals surface area contributed by atoms with Gasteiger partial charge in [-0.25, -0.2) is 0 Å². The highest BCUT2D eigenvalue weighted by molar-refractivity contribution is 5.69. The van der Waals surface area contributed by atoms with Crippen LogP contribution in [0, 0.1) is 0 Å². The molecule has 1 aromatic heterocycles. The van der Waals surface area contributed by atoms with Crippen LogP contribution in [0.25, 0.3) is 11.1 Å². The molecule has 0 spiro atoms. The molecule has 0 bridgehead atoms. The summed E-state index contributed by atoms with van der Waals surface area (Å²) in [6.45, 7) is 0.113. The lowest BCUT2D eigenvalue weighted by atomic mass is 10.00. The Hall–Kier alpha value is -1.82. The van der Waals surface area contributed by atoms with Crippen LogP contribution in [-0.4, -0.2) is 10.2 Å². The second-order valence-corrected chi connectivity index (χ2v) is 3.51. The molecule has 1 heterocycles. The SMILES string of the molecule is NCc1[nH]ncc1-c1ccccc1C(F)(F)F. The first-order chi connectivity index (χ1) is 8.04. The Balaban J connectivity index is 2.60. The molecule has 0 atom stereocenters. The molecule has 3 N–H and O–H groups in total. The first kappa shape index (κ1) is 11.7. The number of aromatic nitrogens is 2. The van der Waals surface area contributed by atoms with E-state index in [4.69, 9.17) is 5.73 Å². The van der Waals surface area contributed by atoms with Gasteiger partial charge < -0.3 is 5.73 Å². The maximum atomic E-state index is 12.8. The summed E-state index contributed by atoms with van der Waals surface area (Å²) in [5.74, 6) is 0. The van der Waals surface area contributed by atoms with E-state index in [1.165, 1.54) is 18.3 Å². The second kappa shape index (κ2) is 4.21. The molecular weight excluding hydrogens is 231 g/mol. The highest BCUT2D eigenvalue weighted by Gasteiger charge is 2.33. The quantitative estimate of drug-likeness (QED) is 0.848. The molecule has 17 heavy (non-hydrogen) atoms. The van der Waals surface area contributed by atoms with Gasteiger partial charge in [0.2, 0.25) is 0 Å². The molecule has 2 aromatic rings. The van der Waals surface area contributed by atoms with E-state index in [1.807, 2.05) is 0 Å². The van der Waals surface area contributed by atoms with Crippen LogP contribution in [0.2, 0.25) is 0 Å². The zero-order chi connectivity index (χ0) is 12.5. The maximum absolute atomic E-state index is 12.8. The third-order valence-corrected chi connectivity index (χ3v) is 2.45. The van der Waals surface area contributed by atoms with Crippen LogP contribution in [0.15, 0.2) is 30.5 Å². The predicted octanol–water partition coefficient (Wildman–Crippen LogP) is 2.55. The minimum Gasteiger partial charge on any atom is -0.325 e. The van der Waals surface area contributed by atoms with Crippen LogP contribution in [0.3, 0.4) is 0 Å². The number of rotatable bonds is 2. The van der Waals surface area contributed by atoms with Gasteiger partial charge in [-0.15, -0.1) is 0 Å². The van der Waals surface area contributed by atoms with Crippen molar-refractivity contribution in [1.29, 1.82) is 0 Å². The summed E-state index contributed by atoms with van der Waals surface area (Å²) >= 11 is 0. The van der Waals surface area contributed by atoms with E-state index < -0.39 is 11.7 Å². The Morgan fingerprint density at radius 3 is 2.53 bits per heavy atom. The molecule has 0 saturated carbocycles. The van der Waals surface area contributed by atoms with Gasteiger partial charge in [0.25, 0.3) is 0 Å². The topological polar surface area (TPSA) is 54.7 Å². The number of nitrogens with two attached hydrogens (primary N) is 1. The number of aromatic amines is 1. The molecule has 0 saturated heterocycles. The average molecular weight is 241 g/mol. The van der Waals surface area contributed by atoms with E-state index >= 15 is 0 Å². The summed E-state index contributed by atoms with van der Waals surface area (Å²) in [6, 6.07) is 5.36. The molecule has 3 nitrogen and oxygen atoms in total. The smallest absolute Gasteiger partial charge is 0.325 e. The fourth-order valence-electron chi connectivity index (χ4n) is 1.67. The van der Waals surface area contributed by atoms with E-state index in [2.05, 4.69) is 10.2 Å². The van der Waals surface area contributed by atoms with Crippen molar-refractivity contribution in [2.75, 3.05) is 0 Å². The molecule has 0 aliphatic carbocycles. The minimum absolute atomic E-state index is 0.0919. The molecule has 0 fully saturated rings. The van der Waals surface area contributed by atoms with Crippen molar-refractivity contribution < 1.29 is 13.2 Å². The summed E-state index contributed by atoms with van der Waals surface area (Å²) in [6.07, 6.45) is -3.04. The zero-order valence-corrected chi connectivity index (χ0v) is 8.75. The second-order valence-electron chi connectivity index (χ2n) is 3.51. The molecule has 6 heteroatoms. The van der Waals surface area contributed by atoms with Gasteiger partial charge >= 0.3 is 6.18 Å². The molecule has 0 unspecified atom stereocenters. The Morgan fingerprint density at radius 2 is 1.88 bits per heavy atom. The Morgan fingerprint density at radius 1 is 1.18 bits per heavy atom. The Kier molecular flexibility index (Phi) is 2.89. The van der Waals surface area contributed by atoms with Gasteiger partial charge in [-0.1, -0.05) is 18.2 Å². The van der Waals surface area contributed by atoms with Crippen LogP contribution in [0.4, 0.5) is 13.2 Å². The van der Waals surface area contributed by atoms with E-state index in [-0.39, 0.29) is 12.1 Å². The zero-order valence-electron chi connectivity index (χ0n) is 8.75. The molecule has 0 aliphatic heterocycles. The molecule has 90 valence electrons. The molecule has 0 radical (unpaired) electrons. The standard InChI is InChI=1S/C11H10F3N3/c12-11(13,14)9-4-2-1-3-7(9)8-6-16-17-10(8)5-15/h1-4,6H,5,15H2,(H,16,17). The van der Waals surface area contributed by atoms with Crippen LogP contribution in [-0.2, 0) is 12.7 Å². The summed E-state index contributed by atoms with van der Waals surface area (Å²) in [5, 5.41) is 6.31. The van der Waals surface area contributed by atoms with Crippen molar-refractivity contribution in [3.8, 4) is 11.1 Å². The van der Waals surface area contributed by atoms with Crippen molar-refractivity contribution in [2.45, 2.75) is 12.7 Å². The molecule has 1 aromatic carbocycles. The lowest BCUT2D eigenvalue weighted by molar-refractivity contribution is -0.137. The third kappa shape index (κ3) is 2.16. The molecular formula is C11H10F3N3. The lowest BCUT2D eigenvalue weighted by Gasteiger charge is -2.12. The number of benzene rings is 1. The first-order valence-corrected chi connectivity index (χ1v) is 4.93. The fourth-order valence-corrected chi connectivity index (χ4v) is 1.67. The summed E-state index contributed by atoms with van der Waals surface area (Å²) in [5.41, 5.74) is 5.72. The molecule has 0 amide bonds. The van der Waals surface area contributed by atoms with E-state index in [0.29, 0.717) is 11.3 Å². The monoisotopic (exact) mass is 241 g/mol. The number of H-pyrrole nitrogens is 1. The van der Waals surface area contributed by atoms with Crippen LogP contribution < -0.4 is 5.73 Å². The van der Waals surface area contributed by atoms with Gasteiger partial charge in [-0.05, 0) is 11.6 Å². The van der Waals surface area contributed by atoms with E-state index in [1.54, 1.807) is 6.07 Å². The third-order valence-electron chi connectivity index (χ3n) is 2.45. The van der Waals surface area contributed by atoms with Gasteiger partial charge in [0.05, 0.1) is 17.5 Å². The lowest BCUT2D eigenvalue weighted by Crippen LogP contribution is -2.08. The number of hydrogen-bond acceptors (Lipinski definition) is 2. The van der Waals surface area contributed by atoms with E-state index in [0.717, 1.165) is 6.07 Å². The van der Waals surface area contributed by atoms with Gasteiger partial charge in [-0.3, -0.25) is 5.10 Å². The largest absolute Gasteiger partial charge is 0.417 e. The average Bonchev–Trinajstić information content (AvgIpc) is 2.75. The Bertz CT molecular complexity index is 517. The number of halogens is 3. The fraction of sp³-hybridized carbons (Fsp3) is 0.182. The maximum Gasteiger partial charge on any atom is 0.417 e. The highest BCUT2D eigenvalue weighted by atomic mass is 19.4. The summed E-state index contributed by atoms with van der Waals surface area (Å²) < 4.78 is 38.4. The normalized spacial score (nSPS) is 11.8. The van der Waals surface area contributed by atoms with Crippen molar-refractivity contribution in [1.82, 2.24) is 10.2 Å². The molecule has 0 aliphatic rings. The number of alkyl halides is 3.